The molecule has 3 aromatic carbocycles. The lowest BCUT2D eigenvalue weighted by molar-refractivity contribution is -0.141. The van der Waals surface area contributed by atoms with Crippen molar-refractivity contribution in [2.45, 2.75) is 31.2 Å². The fraction of sp³-hybridized carbons (Fsp3) is 0.241. The predicted molar refractivity (Wildman–Crippen MR) is 137 cm³/mol. The molecule has 8 nitrogen and oxygen atoms in total. The number of amides is 2. The molecule has 1 aliphatic carbocycles. The number of hydrogen-bond donors (Lipinski definition) is 3. The zero-order chi connectivity index (χ0) is 26.2. The van der Waals surface area contributed by atoms with Gasteiger partial charge in [0, 0.05) is 25.2 Å². The summed E-state index contributed by atoms with van der Waals surface area (Å²) in [6, 6.07) is 23.8. The standard InChI is InChI=1S/C29H28N2O6/c32-20(14-15-27(33)31-26(28(34)35)16-19-8-2-1-3-9-19)17-30-29(36)37-18-25-23-12-6-4-10-21(23)22-11-5-7-13-24(22)25/h1-13,25-26H,14-18H2,(H,30,36)(H,31,33)(H,34,35)/t26-/m0/s1. The summed E-state index contributed by atoms with van der Waals surface area (Å²) in [6.07, 6.45) is -0.885. The van der Waals surface area contributed by atoms with E-state index in [4.69, 9.17) is 4.74 Å². The van der Waals surface area contributed by atoms with Crippen LogP contribution in [0.2, 0.25) is 0 Å². The van der Waals surface area contributed by atoms with Crippen LogP contribution in [0.5, 0.6) is 0 Å². The molecule has 0 bridgehead atoms. The quantitative estimate of drug-likeness (QED) is 0.369. The maximum Gasteiger partial charge on any atom is 0.407 e. The minimum Gasteiger partial charge on any atom is -0.480 e. The molecule has 8 heteroatoms. The van der Waals surface area contributed by atoms with Gasteiger partial charge in [-0.3, -0.25) is 9.59 Å². The lowest BCUT2D eigenvalue weighted by atomic mass is 9.98. The third-order valence-corrected chi connectivity index (χ3v) is 6.32. The van der Waals surface area contributed by atoms with Crippen LogP contribution in [0, 0.1) is 0 Å². The number of carboxylic acid groups (broad SMARTS) is 1. The average Bonchev–Trinajstić information content (AvgIpc) is 3.23. The summed E-state index contributed by atoms with van der Waals surface area (Å²) in [5, 5.41) is 14.3. The highest BCUT2D eigenvalue weighted by atomic mass is 16.5. The van der Waals surface area contributed by atoms with Crippen molar-refractivity contribution < 1.29 is 29.0 Å². The molecule has 0 heterocycles. The Hall–Kier alpha value is -4.46. The minimum absolute atomic E-state index is 0.0874. The maximum atomic E-state index is 12.2. The van der Waals surface area contributed by atoms with Crippen LogP contribution >= 0.6 is 0 Å². The van der Waals surface area contributed by atoms with Gasteiger partial charge in [0.05, 0.1) is 6.54 Å². The fourth-order valence-corrected chi connectivity index (χ4v) is 4.48. The van der Waals surface area contributed by atoms with E-state index in [1.807, 2.05) is 54.6 Å². The number of carbonyl (C=O) groups excluding carboxylic acids is 3. The van der Waals surface area contributed by atoms with Crippen molar-refractivity contribution in [2.24, 2.45) is 0 Å². The Kier molecular flexibility index (Phi) is 8.30. The molecule has 190 valence electrons. The van der Waals surface area contributed by atoms with E-state index in [0.29, 0.717) is 0 Å². The van der Waals surface area contributed by atoms with Gasteiger partial charge in [-0.15, -0.1) is 0 Å². The van der Waals surface area contributed by atoms with Gasteiger partial charge < -0.3 is 20.5 Å². The molecule has 0 unspecified atom stereocenters. The highest BCUT2D eigenvalue weighted by molar-refractivity contribution is 5.89. The fourth-order valence-electron chi connectivity index (χ4n) is 4.48. The number of alkyl carbamates (subject to hydrolysis) is 1. The zero-order valence-corrected chi connectivity index (χ0v) is 20.2. The molecular formula is C29H28N2O6. The van der Waals surface area contributed by atoms with Gasteiger partial charge in [0.25, 0.3) is 0 Å². The van der Waals surface area contributed by atoms with Crippen LogP contribution in [0.3, 0.4) is 0 Å². The second kappa shape index (κ2) is 12.0. The Morgan fingerprint density at radius 2 is 1.41 bits per heavy atom. The smallest absolute Gasteiger partial charge is 0.407 e. The molecule has 0 saturated heterocycles. The summed E-state index contributed by atoms with van der Waals surface area (Å²) in [5.74, 6) is -2.15. The average molecular weight is 501 g/mol. The Morgan fingerprint density at radius 3 is 2.03 bits per heavy atom. The molecule has 37 heavy (non-hydrogen) atoms. The van der Waals surface area contributed by atoms with Crippen molar-refractivity contribution in [3.63, 3.8) is 0 Å². The van der Waals surface area contributed by atoms with Crippen LogP contribution in [-0.4, -0.2) is 48.1 Å². The highest BCUT2D eigenvalue weighted by Gasteiger charge is 2.29. The van der Waals surface area contributed by atoms with Crippen molar-refractivity contribution in [2.75, 3.05) is 13.2 Å². The van der Waals surface area contributed by atoms with Crippen molar-refractivity contribution >= 4 is 23.8 Å². The predicted octanol–water partition coefficient (Wildman–Crippen LogP) is 3.69. The number of carbonyl (C=O) groups is 4. The van der Waals surface area contributed by atoms with Gasteiger partial charge in [-0.2, -0.15) is 0 Å². The molecular weight excluding hydrogens is 472 g/mol. The molecule has 0 aromatic heterocycles. The Bertz CT molecular complexity index is 1240. The van der Waals surface area contributed by atoms with Crippen LogP contribution in [0.4, 0.5) is 4.79 Å². The first kappa shape index (κ1) is 25.6. The van der Waals surface area contributed by atoms with Gasteiger partial charge >= 0.3 is 12.1 Å². The van der Waals surface area contributed by atoms with E-state index < -0.39 is 24.0 Å². The van der Waals surface area contributed by atoms with Crippen LogP contribution < -0.4 is 10.6 Å². The van der Waals surface area contributed by atoms with Crippen LogP contribution in [-0.2, 0) is 25.5 Å². The number of Topliss-reactive ketones (excluding diaryl/α,β-unsaturated/α-hetero) is 1. The molecule has 0 fully saturated rings. The molecule has 4 rings (SSSR count). The lowest BCUT2D eigenvalue weighted by Crippen LogP contribution is -2.42. The summed E-state index contributed by atoms with van der Waals surface area (Å²) in [7, 11) is 0. The van der Waals surface area contributed by atoms with Gasteiger partial charge in [0.2, 0.25) is 5.91 Å². The number of nitrogens with one attached hydrogen (secondary N) is 2. The first-order valence-corrected chi connectivity index (χ1v) is 12.1. The van der Waals surface area contributed by atoms with E-state index in [1.165, 1.54) is 0 Å². The second-order valence-corrected chi connectivity index (χ2v) is 8.87. The molecule has 3 N–H and O–H groups in total. The van der Waals surface area contributed by atoms with E-state index in [1.54, 1.807) is 24.3 Å². The topological polar surface area (TPSA) is 122 Å². The number of ether oxygens (including phenoxy) is 1. The molecule has 0 aliphatic heterocycles. The Labute approximate surface area is 214 Å². The van der Waals surface area contributed by atoms with Crippen molar-refractivity contribution in [1.29, 1.82) is 0 Å². The summed E-state index contributed by atoms with van der Waals surface area (Å²) in [5.41, 5.74) is 5.19. The van der Waals surface area contributed by atoms with Crippen molar-refractivity contribution in [3.05, 3.63) is 95.6 Å². The summed E-state index contributed by atoms with van der Waals surface area (Å²) in [4.78, 5) is 48.1. The Morgan fingerprint density at radius 1 is 0.811 bits per heavy atom. The van der Waals surface area contributed by atoms with E-state index in [2.05, 4.69) is 10.6 Å². The van der Waals surface area contributed by atoms with Gasteiger partial charge in [-0.25, -0.2) is 9.59 Å². The Balaban J connectivity index is 1.20. The third-order valence-electron chi connectivity index (χ3n) is 6.32. The molecule has 2 amide bonds. The monoisotopic (exact) mass is 500 g/mol. The number of rotatable bonds is 11. The van der Waals surface area contributed by atoms with Gasteiger partial charge in [-0.1, -0.05) is 78.9 Å². The molecule has 1 aliphatic rings. The van der Waals surface area contributed by atoms with Crippen molar-refractivity contribution in [1.82, 2.24) is 10.6 Å². The second-order valence-electron chi connectivity index (χ2n) is 8.87. The SMILES string of the molecule is O=C(CCC(=O)N[C@@H](Cc1ccccc1)C(=O)O)CNC(=O)OCC1c2ccccc2-c2ccccc21. The summed E-state index contributed by atoms with van der Waals surface area (Å²) >= 11 is 0. The largest absolute Gasteiger partial charge is 0.480 e. The molecule has 0 saturated carbocycles. The molecule has 0 radical (unpaired) electrons. The van der Waals surface area contributed by atoms with Gasteiger partial charge in [-0.05, 0) is 27.8 Å². The van der Waals surface area contributed by atoms with Gasteiger partial charge in [0.15, 0.2) is 5.78 Å². The van der Waals surface area contributed by atoms with Crippen molar-refractivity contribution in [3.8, 4) is 11.1 Å². The van der Waals surface area contributed by atoms with E-state index in [-0.39, 0.29) is 44.1 Å². The number of fused-ring (bicyclic) bond motifs is 3. The number of ketones is 1. The van der Waals surface area contributed by atoms with Crippen LogP contribution in [0.15, 0.2) is 78.9 Å². The zero-order valence-electron chi connectivity index (χ0n) is 20.2. The van der Waals surface area contributed by atoms with Gasteiger partial charge in [0.1, 0.15) is 12.6 Å². The first-order chi connectivity index (χ1) is 17.9. The normalized spacial score (nSPS) is 12.6. The summed E-state index contributed by atoms with van der Waals surface area (Å²) < 4.78 is 5.40. The number of hydrogen-bond acceptors (Lipinski definition) is 5. The van der Waals surface area contributed by atoms with E-state index in [0.717, 1.165) is 27.8 Å². The maximum absolute atomic E-state index is 12.2. The molecule has 0 spiro atoms. The number of carboxylic acids is 1. The highest BCUT2D eigenvalue weighted by Crippen LogP contribution is 2.44. The van der Waals surface area contributed by atoms with Crippen LogP contribution in [0.1, 0.15) is 35.4 Å². The number of aliphatic carboxylic acids is 1. The van der Waals surface area contributed by atoms with E-state index in [9.17, 15) is 24.3 Å². The third kappa shape index (κ3) is 6.61. The van der Waals surface area contributed by atoms with E-state index >= 15 is 0 Å². The first-order valence-electron chi connectivity index (χ1n) is 12.1. The summed E-state index contributed by atoms with van der Waals surface area (Å²) in [6.45, 7) is -0.148. The minimum atomic E-state index is -1.15. The van der Waals surface area contributed by atoms with Crippen LogP contribution in [0.25, 0.3) is 11.1 Å². The molecule has 3 aromatic rings. The lowest BCUT2D eigenvalue weighted by Gasteiger charge is -2.15. The molecule has 1 atom stereocenters. The number of benzene rings is 3.